The molecule has 0 fully saturated rings. The van der Waals surface area contributed by atoms with Crippen molar-refractivity contribution in [2.45, 2.75) is 38.6 Å². The molecule has 3 N–H and O–H groups in total. The maximum atomic E-state index is 11.5. The molecule has 0 aliphatic rings. The molecule has 0 spiro atoms. The van der Waals surface area contributed by atoms with Crippen LogP contribution in [0.3, 0.4) is 0 Å². The van der Waals surface area contributed by atoms with E-state index < -0.39 is 23.9 Å². The SMILES string of the molecule is CC(C)(C)OC(=O)NCC(O)C(O)c1cc(Cl)cc(C#N)c1. The summed E-state index contributed by atoms with van der Waals surface area (Å²) in [7, 11) is 0. The fraction of sp³-hybridized carbons (Fsp3) is 0.467. The Labute approximate surface area is 134 Å². The molecule has 1 aromatic carbocycles. The van der Waals surface area contributed by atoms with E-state index in [0.717, 1.165) is 0 Å². The Morgan fingerprint density at radius 2 is 2.05 bits per heavy atom. The van der Waals surface area contributed by atoms with Crippen molar-refractivity contribution in [3.63, 3.8) is 0 Å². The van der Waals surface area contributed by atoms with Crippen molar-refractivity contribution in [2.24, 2.45) is 0 Å². The van der Waals surface area contributed by atoms with Gasteiger partial charge in [0.1, 0.15) is 17.8 Å². The number of aliphatic hydroxyl groups excluding tert-OH is 2. The van der Waals surface area contributed by atoms with Gasteiger partial charge in [-0.05, 0) is 44.5 Å². The van der Waals surface area contributed by atoms with E-state index in [-0.39, 0.29) is 17.1 Å². The number of hydrogen-bond donors (Lipinski definition) is 3. The summed E-state index contributed by atoms with van der Waals surface area (Å²) >= 11 is 5.84. The number of alkyl carbamates (subject to hydrolysis) is 1. The van der Waals surface area contributed by atoms with Crippen molar-refractivity contribution in [1.29, 1.82) is 5.26 Å². The molecule has 7 heteroatoms. The van der Waals surface area contributed by atoms with Gasteiger partial charge in [0.25, 0.3) is 0 Å². The Morgan fingerprint density at radius 1 is 1.41 bits per heavy atom. The molecule has 0 saturated heterocycles. The number of halogens is 1. The van der Waals surface area contributed by atoms with Crippen molar-refractivity contribution < 1.29 is 19.7 Å². The highest BCUT2D eigenvalue weighted by Crippen LogP contribution is 2.22. The molecular formula is C15H19ClN2O4. The molecule has 0 radical (unpaired) electrons. The molecule has 0 bridgehead atoms. The first-order valence-corrected chi connectivity index (χ1v) is 7.04. The highest BCUT2D eigenvalue weighted by Gasteiger charge is 2.22. The van der Waals surface area contributed by atoms with E-state index in [1.54, 1.807) is 20.8 Å². The third-order valence-electron chi connectivity index (χ3n) is 2.61. The molecule has 1 aromatic rings. The van der Waals surface area contributed by atoms with Crippen molar-refractivity contribution >= 4 is 17.7 Å². The van der Waals surface area contributed by atoms with E-state index in [1.807, 2.05) is 6.07 Å². The Bertz CT molecular complexity index is 578. The first-order chi connectivity index (χ1) is 10.1. The van der Waals surface area contributed by atoms with Gasteiger partial charge in [0, 0.05) is 11.6 Å². The maximum Gasteiger partial charge on any atom is 0.407 e. The van der Waals surface area contributed by atoms with Crippen LogP contribution in [0.1, 0.15) is 38.0 Å². The standard InChI is InChI=1S/C15H19ClN2O4/c1-15(2,3)22-14(21)18-8-12(19)13(20)10-4-9(7-17)5-11(16)6-10/h4-6,12-13,19-20H,8H2,1-3H3,(H,18,21). The second-order valence-corrected chi connectivity index (χ2v) is 6.22. The Morgan fingerprint density at radius 3 is 2.59 bits per heavy atom. The van der Waals surface area contributed by atoms with Crippen LogP contribution in [0.5, 0.6) is 0 Å². The Hall–Kier alpha value is -1.81. The normalized spacial score (nSPS) is 13.9. The minimum atomic E-state index is -1.29. The van der Waals surface area contributed by atoms with E-state index in [4.69, 9.17) is 21.6 Å². The van der Waals surface area contributed by atoms with Crippen molar-refractivity contribution in [2.75, 3.05) is 6.54 Å². The van der Waals surface area contributed by atoms with E-state index in [1.165, 1.54) is 18.2 Å². The first-order valence-electron chi connectivity index (χ1n) is 6.66. The number of ether oxygens (including phenoxy) is 1. The minimum Gasteiger partial charge on any atom is -0.444 e. The average Bonchev–Trinajstić information content (AvgIpc) is 2.41. The van der Waals surface area contributed by atoms with Crippen molar-refractivity contribution in [3.8, 4) is 6.07 Å². The molecule has 0 aliphatic heterocycles. The molecule has 1 amide bonds. The van der Waals surface area contributed by atoms with Gasteiger partial charge in [-0.2, -0.15) is 5.26 Å². The van der Waals surface area contributed by atoms with Gasteiger partial charge in [-0.1, -0.05) is 11.6 Å². The molecular weight excluding hydrogens is 308 g/mol. The van der Waals surface area contributed by atoms with Crippen LogP contribution in [0.25, 0.3) is 0 Å². The average molecular weight is 327 g/mol. The first kappa shape index (κ1) is 18.2. The Balaban J connectivity index is 2.66. The van der Waals surface area contributed by atoms with E-state index in [0.29, 0.717) is 5.56 Å². The number of carbonyl (C=O) groups excluding carboxylic acids is 1. The molecule has 22 heavy (non-hydrogen) atoms. The predicted octanol–water partition coefficient (Wildman–Crippen LogP) is 2.13. The summed E-state index contributed by atoms with van der Waals surface area (Å²) in [4.78, 5) is 11.5. The lowest BCUT2D eigenvalue weighted by atomic mass is 10.0. The molecule has 2 atom stereocenters. The van der Waals surface area contributed by atoms with E-state index >= 15 is 0 Å². The van der Waals surface area contributed by atoms with Crippen molar-refractivity contribution in [3.05, 3.63) is 34.3 Å². The number of nitrogens with one attached hydrogen (secondary N) is 1. The van der Waals surface area contributed by atoms with Crippen LogP contribution < -0.4 is 5.32 Å². The second kappa shape index (κ2) is 7.45. The van der Waals surface area contributed by atoms with Crippen LogP contribution in [0.4, 0.5) is 4.79 Å². The largest absolute Gasteiger partial charge is 0.444 e. The van der Waals surface area contributed by atoms with Gasteiger partial charge >= 0.3 is 6.09 Å². The third-order valence-corrected chi connectivity index (χ3v) is 2.83. The second-order valence-electron chi connectivity index (χ2n) is 5.78. The number of amides is 1. The maximum absolute atomic E-state index is 11.5. The van der Waals surface area contributed by atoms with Gasteiger partial charge in [-0.3, -0.25) is 0 Å². The number of nitrogens with zero attached hydrogens (tertiary/aromatic N) is 1. The van der Waals surface area contributed by atoms with Crippen LogP contribution in [0, 0.1) is 11.3 Å². The third kappa shape index (κ3) is 5.90. The highest BCUT2D eigenvalue weighted by atomic mass is 35.5. The zero-order valence-corrected chi connectivity index (χ0v) is 13.4. The highest BCUT2D eigenvalue weighted by molar-refractivity contribution is 6.30. The summed E-state index contributed by atoms with van der Waals surface area (Å²) in [5.41, 5.74) is -0.0844. The molecule has 2 unspecified atom stereocenters. The van der Waals surface area contributed by atoms with E-state index in [9.17, 15) is 15.0 Å². The number of nitriles is 1. The predicted molar refractivity (Wildman–Crippen MR) is 81.4 cm³/mol. The molecule has 1 rings (SSSR count). The van der Waals surface area contributed by atoms with Gasteiger partial charge in [0.2, 0.25) is 0 Å². The van der Waals surface area contributed by atoms with Crippen LogP contribution in [-0.2, 0) is 4.74 Å². The fourth-order valence-electron chi connectivity index (χ4n) is 1.68. The number of aliphatic hydroxyl groups is 2. The molecule has 6 nitrogen and oxygen atoms in total. The smallest absolute Gasteiger partial charge is 0.407 e. The zero-order chi connectivity index (χ0) is 16.9. The van der Waals surface area contributed by atoms with Gasteiger partial charge < -0.3 is 20.3 Å². The van der Waals surface area contributed by atoms with Gasteiger partial charge in [0.15, 0.2) is 0 Å². The molecule has 0 heterocycles. The molecule has 0 aromatic heterocycles. The fourth-order valence-corrected chi connectivity index (χ4v) is 1.93. The number of rotatable bonds is 4. The van der Waals surface area contributed by atoms with Crippen LogP contribution >= 0.6 is 11.6 Å². The summed E-state index contributed by atoms with van der Waals surface area (Å²) in [5.74, 6) is 0. The van der Waals surface area contributed by atoms with Gasteiger partial charge in [-0.25, -0.2) is 4.79 Å². The molecule has 120 valence electrons. The summed E-state index contributed by atoms with van der Waals surface area (Å²) < 4.78 is 5.02. The van der Waals surface area contributed by atoms with Crippen LogP contribution in [0.15, 0.2) is 18.2 Å². The zero-order valence-electron chi connectivity index (χ0n) is 12.6. The summed E-state index contributed by atoms with van der Waals surface area (Å²) in [6.45, 7) is 4.94. The van der Waals surface area contributed by atoms with Crippen LogP contribution in [0.2, 0.25) is 5.02 Å². The lowest BCUT2D eigenvalue weighted by Gasteiger charge is -2.22. The summed E-state index contributed by atoms with van der Waals surface area (Å²) in [6, 6.07) is 6.23. The molecule has 0 aliphatic carbocycles. The quantitative estimate of drug-likeness (QED) is 0.786. The summed E-state index contributed by atoms with van der Waals surface area (Å²) in [5, 5.41) is 31.5. The minimum absolute atomic E-state index is 0.204. The summed E-state index contributed by atoms with van der Waals surface area (Å²) in [6.07, 6.45) is -3.25. The molecule has 0 saturated carbocycles. The number of hydrogen-bond acceptors (Lipinski definition) is 5. The topological polar surface area (TPSA) is 103 Å². The van der Waals surface area contributed by atoms with Crippen LogP contribution in [-0.4, -0.2) is 34.6 Å². The lowest BCUT2D eigenvalue weighted by molar-refractivity contribution is 0.0129. The van der Waals surface area contributed by atoms with Crippen molar-refractivity contribution in [1.82, 2.24) is 5.32 Å². The monoisotopic (exact) mass is 326 g/mol. The van der Waals surface area contributed by atoms with E-state index in [2.05, 4.69) is 5.32 Å². The number of benzene rings is 1. The van der Waals surface area contributed by atoms with Gasteiger partial charge in [-0.15, -0.1) is 0 Å². The van der Waals surface area contributed by atoms with Gasteiger partial charge in [0.05, 0.1) is 11.6 Å². The lowest BCUT2D eigenvalue weighted by Crippen LogP contribution is -2.38. The Kier molecular flexibility index (Phi) is 6.18. The number of carbonyl (C=O) groups is 1.